The Morgan fingerprint density at radius 1 is 1.42 bits per heavy atom. The molecule has 1 amide bonds. The number of hydrogen-bond acceptors (Lipinski definition) is 3. The average Bonchev–Trinajstić information content (AvgIpc) is 3.08. The van der Waals surface area contributed by atoms with Gasteiger partial charge in [0.05, 0.1) is 24.0 Å². The molecule has 0 spiro atoms. The number of halogens is 3. The van der Waals surface area contributed by atoms with E-state index in [1.807, 2.05) is 0 Å². The molecular weight excluding hydrogens is 323 g/mol. The van der Waals surface area contributed by atoms with Gasteiger partial charge in [-0.2, -0.15) is 18.3 Å². The Labute approximate surface area is 137 Å². The molecule has 5 nitrogen and oxygen atoms in total. The molecule has 1 saturated heterocycles. The summed E-state index contributed by atoms with van der Waals surface area (Å²) in [5, 5.41) is 6.70. The molecule has 0 aromatic carbocycles. The van der Waals surface area contributed by atoms with Gasteiger partial charge in [-0.05, 0) is 38.0 Å². The Balaban J connectivity index is 1.43. The number of rotatable bonds is 4. The minimum atomic E-state index is -4.45. The third-order valence-electron chi connectivity index (χ3n) is 5.60. The van der Waals surface area contributed by atoms with Crippen LogP contribution in [0, 0.1) is 5.92 Å². The molecule has 1 aliphatic heterocycles. The van der Waals surface area contributed by atoms with Crippen molar-refractivity contribution < 1.29 is 22.7 Å². The number of carbonyl (C=O) groups excluding carboxylic acids is 1. The van der Waals surface area contributed by atoms with Gasteiger partial charge in [0.15, 0.2) is 0 Å². The predicted octanol–water partition coefficient (Wildman–Crippen LogP) is 2.47. The average molecular weight is 343 g/mol. The Kier molecular flexibility index (Phi) is 3.46. The van der Waals surface area contributed by atoms with E-state index in [4.69, 9.17) is 4.74 Å². The Bertz CT molecular complexity index is 649. The van der Waals surface area contributed by atoms with Crippen LogP contribution < -0.4 is 5.32 Å². The number of alkyl halides is 3. The van der Waals surface area contributed by atoms with Crippen molar-refractivity contribution in [3.8, 4) is 0 Å². The van der Waals surface area contributed by atoms with E-state index in [1.165, 1.54) is 11.1 Å². The molecule has 3 fully saturated rings. The molecule has 132 valence electrons. The summed E-state index contributed by atoms with van der Waals surface area (Å²) >= 11 is 0. The molecule has 8 heteroatoms. The first-order chi connectivity index (χ1) is 11.3. The molecule has 1 aromatic heterocycles. The SMILES string of the molecule is O=C(NCC12CCCC(CO1)C2)C1(n2cc(C(F)(F)F)cn2)CC1. The number of fused-ring (bicyclic) bond motifs is 2. The van der Waals surface area contributed by atoms with Gasteiger partial charge < -0.3 is 10.1 Å². The summed E-state index contributed by atoms with van der Waals surface area (Å²) in [6, 6.07) is 0. The molecule has 2 saturated carbocycles. The lowest BCUT2D eigenvalue weighted by atomic mass is 9.81. The number of nitrogens with zero attached hydrogens (tertiary/aromatic N) is 2. The van der Waals surface area contributed by atoms with Gasteiger partial charge in [-0.15, -0.1) is 0 Å². The van der Waals surface area contributed by atoms with Crippen LogP contribution in [-0.4, -0.2) is 34.4 Å². The second kappa shape index (κ2) is 5.21. The van der Waals surface area contributed by atoms with Crippen molar-refractivity contribution in [2.75, 3.05) is 13.2 Å². The van der Waals surface area contributed by atoms with Crippen LogP contribution in [0.2, 0.25) is 0 Å². The molecule has 2 heterocycles. The van der Waals surface area contributed by atoms with Gasteiger partial charge in [-0.25, -0.2) is 0 Å². The van der Waals surface area contributed by atoms with Crippen LogP contribution in [0.4, 0.5) is 13.2 Å². The zero-order valence-electron chi connectivity index (χ0n) is 13.2. The Hall–Kier alpha value is -1.57. The van der Waals surface area contributed by atoms with Crippen molar-refractivity contribution in [2.24, 2.45) is 5.92 Å². The fourth-order valence-corrected chi connectivity index (χ4v) is 4.01. The van der Waals surface area contributed by atoms with Crippen LogP contribution in [0.5, 0.6) is 0 Å². The number of carbonyl (C=O) groups is 1. The van der Waals surface area contributed by atoms with Crippen molar-refractivity contribution >= 4 is 5.91 Å². The summed E-state index contributed by atoms with van der Waals surface area (Å²) in [6.07, 6.45) is 2.43. The molecule has 4 rings (SSSR count). The zero-order chi connectivity index (χ0) is 17.0. The summed E-state index contributed by atoms with van der Waals surface area (Å²) in [5.41, 5.74) is -2.07. The summed E-state index contributed by atoms with van der Waals surface area (Å²) in [4.78, 5) is 12.6. The van der Waals surface area contributed by atoms with Crippen LogP contribution in [0.15, 0.2) is 12.4 Å². The number of aromatic nitrogens is 2. The van der Waals surface area contributed by atoms with E-state index in [1.54, 1.807) is 0 Å². The van der Waals surface area contributed by atoms with E-state index in [9.17, 15) is 18.0 Å². The lowest BCUT2D eigenvalue weighted by Crippen LogP contribution is -2.48. The minimum Gasteiger partial charge on any atom is -0.373 e. The molecule has 1 N–H and O–H groups in total. The molecule has 2 unspecified atom stereocenters. The van der Waals surface area contributed by atoms with Gasteiger partial charge in [0, 0.05) is 12.7 Å². The lowest BCUT2D eigenvalue weighted by molar-refractivity contribution is -0.138. The fraction of sp³-hybridized carbons (Fsp3) is 0.750. The van der Waals surface area contributed by atoms with Gasteiger partial charge in [-0.3, -0.25) is 9.48 Å². The van der Waals surface area contributed by atoms with Crippen LogP contribution in [0.1, 0.15) is 44.1 Å². The highest BCUT2D eigenvalue weighted by Gasteiger charge is 2.54. The van der Waals surface area contributed by atoms with E-state index in [-0.39, 0.29) is 11.5 Å². The molecule has 24 heavy (non-hydrogen) atoms. The lowest BCUT2D eigenvalue weighted by Gasteiger charge is -2.32. The maximum atomic E-state index is 12.7. The van der Waals surface area contributed by atoms with E-state index < -0.39 is 17.3 Å². The van der Waals surface area contributed by atoms with Crippen LogP contribution >= 0.6 is 0 Å². The topological polar surface area (TPSA) is 56.1 Å². The van der Waals surface area contributed by atoms with Crippen molar-refractivity contribution in [1.82, 2.24) is 15.1 Å². The highest BCUT2D eigenvalue weighted by molar-refractivity contribution is 5.87. The van der Waals surface area contributed by atoms with Gasteiger partial charge in [-0.1, -0.05) is 6.42 Å². The number of ether oxygens (including phenoxy) is 1. The van der Waals surface area contributed by atoms with Crippen molar-refractivity contribution in [1.29, 1.82) is 0 Å². The van der Waals surface area contributed by atoms with Gasteiger partial charge in [0.25, 0.3) is 0 Å². The van der Waals surface area contributed by atoms with Gasteiger partial charge in [0.1, 0.15) is 5.54 Å². The summed E-state index contributed by atoms with van der Waals surface area (Å²) in [5.74, 6) is 0.317. The van der Waals surface area contributed by atoms with Crippen molar-refractivity contribution in [3.05, 3.63) is 18.0 Å². The number of amides is 1. The number of hydrogen-bond donors (Lipinski definition) is 1. The van der Waals surface area contributed by atoms with Crippen molar-refractivity contribution in [2.45, 2.75) is 55.8 Å². The highest BCUT2D eigenvalue weighted by Crippen LogP contribution is 2.45. The maximum absolute atomic E-state index is 12.7. The fourth-order valence-electron chi connectivity index (χ4n) is 4.01. The van der Waals surface area contributed by atoms with E-state index in [0.717, 1.165) is 38.3 Å². The largest absolute Gasteiger partial charge is 0.419 e. The molecule has 2 aliphatic carbocycles. The highest BCUT2D eigenvalue weighted by atomic mass is 19.4. The van der Waals surface area contributed by atoms with E-state index in [2.05, 4.69) is 10.4 Å². The Morgan fingerprint density at radius 2 is 2.21 bits per heavy atom. The molecule has 1 aromatic rings. The van der Waals surface area contributed by atoms with Crippen LogP contribution in [0.3, 0.4) is 0 Å². The summed E-state index contributed by atoms with van der Waals surface area (Å²) in [7, 11) is 0. The van der Waals surface area contributed by atoms with Crippen LogP contribution in [-0.2, 0) is 21.2 Å². The minimum absolute atomic E-state index is 0.258. The molecule has 3 aliphatic rings. The predicted molar refractivity (Wildman–Crippen MR) is 78.1 cm³/mol. The first kappa shape index (κ1) is 15.9. The third kappa shape index (κ3) is 2.60. The summed E-state index contributed by atoms with van der Waals surface area (Å²) < 4.78 is 45.3. The second-order valence-electron chi connectivity index (χ2n) is 7.34. The maximum Gasteiger partial charge on any atom is 0.419 e. The molecule has 2 bridgehead atoms. The first-order valence-electron chi connectivity index (χ1n) is 8.38. The Morgan fingerprint density at radius 3 is 2.88 bits per heavy atom. The molecular formula is C16H20F3N3O2. The van der Waals surface area contributed by atoms with E-state index >= 15 is 0 Å². The van der Waals surface area contributed by atoms with Gasteiger partial charge in [0.2, 0.25) is 5.91 Å². The smallest absolute Gasteiger partial charge is 0.373 e. The number of nitrogens with one attached hydrogen (secondary N) is 1. The third-order valence-corrected chi connectivity index (χ3v) is 5.60. The zero-order valence-corrected chi connectivity index (χ0v) is 13.2. The molecule has 0 radical (unpaired) electrons. The quantitative estimate of drug-likeness (QED) is 0.914. The normalized spacial score (nSPS) is 31.0. The standard InChI is InChI=1S/C16H20F3N3O2/c17-16(18,19)12-7-21-22(8-12)15(4-5-15)13(23)20-10-14-3-1-2-11(6-14)9-24-14/h7-8,11H,1-6,9-10H2,(H,20,23). The van der Waals surface area contributed by atoms with Gasteiger partial charge >= 0.3 is 6.18 Å². The second-order valence-corrected chi connectivity index (χ2v) is 7.34. The van der Waals surface area contributed by atoms with Crippen molar-refractivity contribution in [3.63, 3.8) is 0 Å². The van der Waals surface area contributed by atoms with Crippen LogP contribution in [0.25, 0.3) is 0 Å². The molecule has 2 atom stereocenters. The summed E-state index contributed by atoms with van der Waals surface area (Å²) in [6.45, 7) is 1.17. The first-order valence-corrected chi connectivity index (χ1v) is 8.38. The monoisotopic (exact) mass is 343 g/mol. The van der Waals surface area contributed by atoms with E-state index in [0.29, 0.717) is 25.3 Å².